The third kappa shape index (κ3) is 7.38. The Morgan fingerprint density at radius 2 is 1.78 bits per heavy atom. The number of aryl methyl sites for hydroxylation is 1. The third-order valence-electron chi connectivity index (χ3n) is 6.47. The Bertz CT molecular complexity index is 1240. The summed E-state index contributed by atoms with van der Waals surface area (Å²) < 4.78 is 17.4. The van der Waals surface area contributed by atoms with Crippen LogP contribution in [0.3, 0.4) is 0 Å². The van der Waals surface area contributed by atoms with Gasteiger partial charge in [0.2, 0.25) is 5.91 Å². The summed E-state index contributed by atoms with van der Waals surface area (Å²) in [5.74, 6) is 3.03. The lowest BCUT2D eigenvalue weighted by Crippen LogP contribution is -2.44. The van der Waals surface area contributed by atoms with Crippen molar-refractivity contribution in [2.24, 2.45) is 5.92 Å². The molecule has 0 aliphatic heterocycles. The second-order valence-corrected chi connectivity index (χ2v) is 10.3. The van der Waals surface area contributed by atoms with Crippen molar-refractivity contribution in [3.63, 3.8) is 0 Å². The molecule has 0 atom stereocenters. The van der Waals surface area contributed by atoms with Crippen LogP contribution >= 0.6 is 15.9 Å². The summed E-state index contributed by atoms with van der Waals surface area (Å²) in [7, 11) is 3.21. The van der Waals surface area contributed by atoms with Crippen LogP contribution in [0.1, 0.15) is 40.3 Å². The molecule has 2 amide bonds. The molecule has 1 aliphatic carbocycles. The van der Waals surface area contributed by atoms with Gasteiger partial charge in [-0.15, -0.1) is 0 Å². The smallest absolute Gasteiger partial charge is 0.254 e. The van der Waals surface area contributed by atoms with Crippen molar-refractivity contribution in [1.82, 2.24) is 9.80 Å². The summed E-state index contributed by atoms with van der Waals surface area (Å²) in [6.45, 7) is 3.29. The van der Waals surface area contributed by atoms with E-state index in [1.807, 2.05) is 49.4 Å². The van der Waals surface area contributed by atoms with Gasteiger partial charge in [-0.05, 0) is 80.1 Å². The largest absolute Gasteiger partial charge is 0.493 e. The number of furan rings is 1. The fourth-order valence-electron chi connectivity index (χ4n) is 4.25. The molecule has 37 heavy (non-hydrogen) atoms. The number of halogens is 1. The van der Waals surface area contributed by atoms with Crippen molar-refractivity contribution in [3.8, 4) is 11.5 Å². The predicted octanol–water partition coefficient (Wildman–Crippen LogP) is 5.49. The number of methoxy groups -OCH3 is 2. The standard InChI is InChI=1S/C29H33BrN2O5/c1-20-7-11-25(37-20)18-31(14-13-21-10-12-26(35-2)27(15-21)36-3)28(33)19-32(17-22-8-9-22)29(34)23-5-4-6-24(30)16-23/h4-7,10-12,15-16,22H,8-9,13-14,17-19H2,1-3H3. The molecule has 2 aromatic carbocycles. The molecule has 0 radical (unpaired) electrons. The maximum Gasteiger partial charge on any atom is 0.254 e. The van der Waals surface area contributed by atoms with Crippen LogP contribution in [0.5, 0.6) is 11.5 Å². The molecule has 0 saturated heterocycles. The van der Waals surface area contributed by atoms with Crippen LogP contribution < -0.4 is 9.47 Å². The molecule has 8 heteroatoms. The van der Waals surface area contributed by atoms with Crippen molar-refractivity contribution < 1.29 is 23.5 Å². The SMILES string of the molecule is COc1ccc(CCN(Cc2ccc(C)o2)C(=O)CN(CC2CC2)C(=O)c2cccc(Br)c2)cc1OC. The minimum Gasteiger partial charge on any atom is -0.493 e. The Morgan fingerprint density at radius 1 is 1.00 bits per heavy atom. The van der Waals surface area contributed by atoms with Gasteiger partial charge in [0.1, 0.15) is 18.1 Å². The van der Waals surface area contributed by atoms with Gasteiger partial charge in [0.05, 0.1) is 20.8 Å². The maximum absolute atomic E-state index is 13.7. The van der Waals surface area contributed by atoms with E-state index < -0.39 is 0 Å². The highest BCUT2D eigenvalue weighted by Crippen LogP contribution is 2.31. The van der Waals surface area contributed by atoms with Gasteiger partial charge in [-0.25, -0.2) is 0 Å². The van der Waals surface area contributed by atoms with E-state index in [2.05, 4.69) is 15.9 Å². The highest BCUT2D eigenvalue weighted by molar-refractivity contribution is 9.10. The number of rotatable bonds is 12. The summed E-state index contributed by atoms with van der Waals surface area (Å²) in [5.41, 5.74) is 1.59. The minimum absolute atomic E-state index is 0.0213. The van der Waals surface area contributed by atoms with Crippen molar-refractivity contribution in [2.45, 2.75) is 32.7 Å². The lowest BCUT2D eigenvalue weighted by Gasteiger charge is -2.27. The Labute approximate surface area is 226 Å². The summed E-state index contributed by atoms with van der Waals surface area (Å²) in [6, 6.07) is 16.8. The van der Waals surface area contributed by atoms with E-state index in [0.717, 1.165) is 28.6 Å². The molecule has 3 aromatic rings. The molecule has 0 unspecified atom stereocenters. The molecule has 1 heterocycles. The fraction of sp³-hybridized carbons (Fsp3) is 0.379. The summed E-state index contributed by atoms with van der Waals surface area (Å²) in [4.78, 5) is 30.5. The number of nitrogens with zero attached hydrogens (tertiary/aromatic N) is 2. The van der Waals surface area contributed by atoms with E-state index in [4.69, 9.17) is 13.9 Å². The zero-order chi connectivity index (χ0) is 26.4. The first-order chi connectivity index (χ1) is 17.9. The van der Waals surface area contributed by atoms with Gasteiger partial charge in [0, 0.05) is 23.1 Å². The van der Waals surface area contributed by atoms with E-state index in [1.54, 1.807) is 36.2 Å². The number of ether oxygens (including phenoxy) is 2. The highest BCUT2D eigenvalue weighted by Gasteiger charge is 2.30. The topological polar surface area (TPSA) is 72.2 Å². The van der Waals surface area contributed by atoms with Gasteiger partial charge < -0.3 is 23.7 Å². The Morgan fingerprint density at radius 3 is 2.43 bits per heavy atom. The number of amides is 2. The monoisotopic (exact) mass is 568 g/mol. The van der Waals surface area contributed by atoms with Crippen LogP contribution in [0.25, 0.3) is 0 Å². The predicted molar refractivity (Wildman–Crippen MR) is 145 cm³/mol. The lowest BCUT2D eigenvalue weighted by molar-refractivity contribution is -0.132. The van der Waals surface area contributed by atoms with Gasteiger partial charge in [0.15, 0.2) is 11.5 Å². The van der Waals surface area contributed by atoms with Crippen molar-refractivity contribution in [3.05, 3.63) is 81.7 Å². The van der Waals surface area contributed by atoms with E-state index in [0.29, 0.717) is 54.8 Å². The summed E-state index contributed by atoms with van der Waals surface area (Å²) >= 11 is 3.44. The van der Waals surface area contributed by atoms with Crippen LogP contribution in [0.15, 0.2) is 63.5 Å². The first kappa shape index (κ1) is 26.8. The van der Waals surface area contributed by atoms with Crippen molar-refractivity contribution in [1.29, 1.82) is 0 Å². The van der Waals surface area contributed by atoms with Crippen LogP contribution in [-0.2, 0) is 17.8 Å². The fourth-order valence-corrected chi connectivity index (χ4v) is 4.65. The Balaban J connectivity index is 1.51. The van der Waals surface area contributed by atoms with Crippen molar-refractivity contribution in [2.75, 3.05) is 33.9 Å². The molecule has 0 N–H and O–H groups in total. The van der Waals surface area contributed by atoms with Gasteiger partial charge in [-0.2, -0.15) is 0 Å². The second-order valence-electron chi connectivity index (χ2n) is 9.41. The molecule has 1 fully saturated rings. The number of benzene rings is 2. The number of hydrogen-bond donors (Lipinski definition) is 0. The molecule has 7 nitrogen and oxygen atoms in total. The first-order valence-electron chi connectivity index (χ1n) is 12.4. The number of hydrogen-bond acceptors (Lipinski definition) is 5. The second kappa shape index (κ2) is 12.3. The molecule has 0 bridgehead atoms. The zero-order valence-corrected chi connectivity index (χ0v) is 23.1. The number of carbonyl (C=O) groups is 2. The van der Waals surface area contributed by atoms with Crippen LogP contribution in [0.4, 0.5) is 0 Å². The van der Waals surface area contributed by atoms with Crippen molar-refractivity contribution >= 4 is 27.7 Å². The molecule has 1 aliphatic rings. The van der Waals surface area contributed by atoms with Gasteiger partial charge >= 0.3 is 0 Å². The summed E-state index contributed by atoms with van der Waals surface area (Å²) in [5, 5.41) is 0. The summed E-state index contributed by atoms with van der Waals surface area (Å²) in [6.07, 6.45) is 2.80. The van der Waals surface area contributed by atoms with Gasteiger partial charge in [-0.3, -0.25) is 9.59 Å². The molecule has 0 spiro atoms. The van der Waals surface area contributed by atoms with Gasteiger partial charge in [-0.1, -0.05) is 28.1 Å². The first-order valence-corrected chi connectivity index (χ1v) is 13.2. The maximum atomic E-state index is 13.7. The van der Waals surface area contributed by atoms with Crippen LogP contribution in [-0.4, -0.2) is 55.5 Å². The Hall–Kier alpha value is -3.26. The average molecular weight is 569 g/mol. The normalized spacial score (nSPS) is 12.8. The van der Waals surface area contributed by atoms with Gasteiger partial charge in [0.25, 0.3) is 5.91 Å². The Kier molecular flexibility index (Phi) is 8.92. The average Bonchev–Trinajstić information content (AvgIpc) is 3.63. The van der Waals surface area contributed by atoms with Crippen LogP contribution in [0, 0.1) is 12.8 Å². The van der Waals surface area contributed by atoms with E-state index in [-0.39, 0.29) is 18.4 Å². The zero-order valence-electron chi connectivity index (χ0n) is 21.5. The van der Waals surface area contributed by atoms with E-state index in [9.17, 15) is 9.59 Å². The molecular formula is C29H33BrN2O5. The molecule has 196 valence electrons. The number of carbonyl (C=O) groups excluding carboxylic acids is 2. The quantitative estimate of drug-likeness (QED) is 0.289. The molecule has 1 aromatic heterocycles. The minimum atomic E-state index is -0.129. The lowest BCUT2D eigenvalue weighted by atomic mass is 10.1. The molecular weight excluding hydrogens is 536 g/mol. The highest BCUT2D eigenvalue weighted by atomic mass is 79.9. The van der Waals surface area contributed by atoms with Crippen LogP contribution in [0.2, 0.25) is 0 Å². The molecule has 4 rings (SSSR count). The third-order valence-corrected chi connectivity index (χ3v) is 6.97. The molecule has 1 saturated carbocycles. The van der Waals surface area contributed by atoms with E-state index >= 15 is 0 Å². The van der Waals surface area contributed by atoms with E-state index in [1.165, 1.54) is 0 Å².